The summed E-state index contributed by atoms with van der Waals surface area (Å²) in [4.78, 5) is 0. The predicted molar refractivity (Wildman–Crippen MR) is 40.5 cm³/mol. The monoisotopic (exact) mass is 147 g/mol. The molecule has 3 heteroatoms. The van der Waals surface area contributed by atoms with E-state index in [1.807, 2.05) is 6.92 Å². The highest BCUT2D eigenvalue weighted by molar-refractivity contribution is 4.61. The van der Waals surface area contributed by atoms with Crippen LogP contribution in [0.1, 0.15) is 13.3 Å². The molecule has 0 aromatic heterocycles. The van der Waals surface area contributed by atoms with E-state index in [0.717, 1.165) is 6.42 Å². The van der Waals surface area contributed by atoms with Crippen molar-refractivity contribution in [1.82, 2.24) is 0 Å². The van der Waals surface area contributed by atoms with Gasteiger partial charge in [0.2, 0.25) is 0 Å². The minimum absolute atomic E-state index is 0.0125. The van der Waals surface area contributed by atoms with Crippen LogP contribution in [-0.4, -0.2) is 30.0 Å². The van der Waals surface area contributed by atoms with Crippen molar-refractivity contribution in [2.75, 3.05) is 19.8 Å². The molecule has 3 nitrogen and oxygen atoms in total. The molecule has 0 bridgehead atoms. The van der Waals surface area contributed by atoms with Gasteiger partial charge in [-0.15, -0.1) is 0 Å². The van der Waals surface area contributed by atoms with Crippen LogP contribution in [0.5, 0.6) is 0 Å². The maximum absolute atomic E-state index is 8.67. The van der Waals surface area contributed by atoms with Gasteiger partial charge in [0, 0.05) is 19.1 Å². The van der Waals surface area contributed by atoms with E-state index < -0.39 is 0 Å². The van der Waals surface area contributed by atoms with Gasteiger partial charge in [-0.1, -0.05) is 6.92 Å². The summed E-state index contributed by atoms with van der Waals surface area (Å²) < 4.78 is 0. The predicted octanol–water partition coefficient (Wildman–Crippen LogP) is -0.428. The average molecular weight is 147 g/mol. The summed E-state index contributed by atoms with van der Waals surface area (Å²) in [7, 11) is 0. The smallest absolute Gasteiger partial charge is 0.0481 e. The molecule has 0 saturated heterocycles. The van der Waals surface area contributed by atoms with Crippen molar-refractivity contribution in [2.45, 2.75) is 13.3 Å². The molecule has 1 unspecified atom stereocenters. The lowest BCUT2D eigenvalue weighted by molar-refractivity contribution is 0.133. The first kappa shape index (κ1) is 9.88. The zero-order chi connectivity index (χ0) is 7.98. The van der Waals surface area contributed by atoms with E-state index >= 15 is 0 Å². The number of hydrogen-bond donors (Lipinski definition) is 3. The van der Waals surface area contributed by atoms with Gasteiger partial charge in [0.15, 0.2) is 0 Å². The highest BCUT2D eigenvalue weighted by atomic mass is 16.3. The van der Waals surface area contributed by atoms with Gasteiger partial charge in [-0.25, -0.2) is 0 Å². The first-order chi connectivity index (χ1) is 4.74. The van der Waals surface area contributed by atoms with Crippen molar-refractivity contribution < 1.29 is 10.2 Å². The van der Waals surface area contributed by atoms with E-state index in [1.54, 1.807) is 0 Å². The largest absolute Gasteiger partial charge is 0.396 e. The summed E-state index contributed by atoms with van der Waals surface area (Å²) in [6.45, 7) is 2.75. The van der Waals surface area contributed by atoms with Gasteiger partial charge in [0.1, 0.15) is 0 Å². The summed E-state index contributed by atoms with van der Waals surface area (Å²) >= 11 is 0. The molecule has 0 aliphatic heterocycles. The van der Waals surface area contributed by atoms with Crippen LogP contribution in [0.15, 0.2) is 0 Å². The van der Waals surface area contributed by atoms with Crippen LogP contribution in [0.25, 0.3) is 0 Å². The van der Waals surface area contributed by atoms with Crippen LogP contribution < -0.4 is 5.73 Å². The Bertz CT molecular complexity index is 74.0. The molecule has 0 fully saturated rings. The normalized spacial score (nSPS) is 14.1. The van der Waals surface area contributed by atoms with Gasteiger partial charge in [-0.2, -0.15) is 0 Å². The second-order valence-corrected chi connectivity index (χ2v) is 2.81. The van der Waals surface area contributed by atoms with Gasteiger partial charge in [-0.3, -0.25) is 0 Å². The average Bonchev–Trinajstić information content (AvgIpc) is 1.99. The summed E-state index contributed by atoms with van der Waals surface area (Å²) in [5.41, 5.74) is 5.37. The summed E-state index contributed by atoms with van der Waals surface area (Å²) in [5, 5.41) is 17.3. The second kappa shape index (κ2) is 5.65. The van der Waals surface area contributed by atoms with Gasteiger partial charge in [-0.05, 0) is 18.9 Å². The van der Waals surface area contributed by atoms with Crippen LogP contribution in [0.3, 0.4) is 0 Å². The molecule has 0 aliphatic rings. The van der Waals surface area contributed by atoms with Gasteiger partial charge in [0.05, 0.1) is 0 Å². The molecule has 1 atom stereocenters. The molecule has 0 aromatic rings. The first-order valence-corrected chi connectivity index (χ1v) is 3.66. The fourth-order valence-corrected chi connectivity index (χ4v) is 0.872. The fourth-order valence-electron chi connectivity index (χ4n) is 0.872. The van der Waals surface area contributed by atoms with Crippen LogP contribution in [0.2, 0.25) is 0 Å². The second-order valence-electron chi connectivity index (χ2n) is 2.81. The van der Waals surface area contributed by atoms with Gasteiger partial charge < -0.3 is 15.9 Å². The van der Waals surface area contributed by atoms with Crippen LogP contribution in [0.4, 0.5) is 0 Å². The van der Waals surface area contributed by atoms with E-state index in [-0.39, 0.29) is 19.1 Å². The third-order valence-electron chi connectivity index (χ3n) is 1.65. The Balaban J connectivity index is 3.41. The lowest BCUT2D eigenvalue weighted by Crippen LogP contribution is -2.19. The van der Waals surface area contributed by atoms with E-state index in [9.17, 15) is 0 Å². The van der Waals surface area contributed by atoms with E-state index in [1.165, 1.54) is 0 Å². The lowest BCUT2D eigenvalue weighted by Gasteiger charge is -2.14. The number of nitrogens with two attached hydrogens (primary N) is 1. The quantitative estimate of drug-likeness (QED) is 0.494. The van der Waals surface area contributed by atoms with Crippen molar-refractivity contribution in [3.8, 4) is 0 Å². The maximum Gasteiger partial charge on any atom is 0.0481 e. The molecular formula is C7H17NO2. The number of aliphatic hydroxyl groups excluding tert-OH is 2. The topological polar surface area (TPSA) is 66.5 Å². The van der Waals surface area contributed by atoms with Gasteiger partial charge >= 0.3 is 0 Å². The van der Waals surface area contributed by atoms with Crippen molar-refractivity contribution in [1.29, 1.82) is 0 Å². The molecular weight excluding hydrogens is 130 g/mol. The Morgan fingerprint density at radius 1 is 1.30 bits per heavy atom. The molecule has 0 radical (unpaired) electrons. The van der Waals surface area contributed by atoms with E-state index in [4.69, 9.17) is 15.9 Å². The standard InChI is InChI=1S/C7H17NO2/c1-6(3-8)2-7(4-9)5-10/h6-7,9-10H,2-5,8H2,1H3. The Kier molecular flexibility index (Phi) is 5.58. The van der Waals surface area contributed by atoms with Crippen molar-refractivity contribution in [3.05, 3.63) is 0 Å². The SMILES string of the molecule is CC(CN)CC(CO)CO. The summed E-state index contributed by atoms with van der Waals surface area (Å²) in [6.07, 6.45) is 0.809. The molecule has 4 N–H and O–H groups in total. The molecule has 0 spiro atoms. The minimum atomic E-state index is 0.0125. The van der Waals surface area contributed by atoms with Crippen molar-refractivity contribution in [2.24, 2.45) is 17.6 Å². The van der Waals surface area contributed by atoms with Crippen LogP contribution >= 0.6 is 0 Å². The first-order valence-electron chi connectivity index (χ1n) is 3.66. The van der Waals surface area contributed by atoms with Gasteiger partial charge in [0.25, 0.3) is 0 Å². The Morgan fingerprint density at radius 2 is 1.80 bits per heavy atom. The number of aliphatic hydroxyl groups is 2. The molecule has 10 heavy (non-hydrogen) atoms. The molecule has 0 heterocycles. The molecule has 0 aliphatic carbocycles. The number of rotatable bonds is 5. The highest BCUT2D eigenvalue weighted by Crippen LogP contribution is 2.09. The zero-order valence-corrected chi connectivity index (χ0v) is 6.45. The minimum Gasteiger partial charge on any atom is -0.396 e. The van der Waals surface area contributed by atoms with Crippen molar-refractivity contribution in [3.63, 3.8) is 0 Å². The fraction of sp³-hybridized carbons (Fsp3) is 1.00. The maximum atomic E-state index is 8.67. The molecule has 62 valence electrons. The lowest BCUT2D eigenvalue weighted by atomic mass is 9.97. The Hall–Kier alpha value is -0.120. The van der Waals surface area contributed by atoms with Crippen LogP contribution in [0, 0.1) is 11.8 Å². The Morgan fingerprint density at radius 3 is 2.10 bits per heavy atom. The third-order valence-corrected chi connectivity index (χ3v) is 1.65. The Labute approximate surface area is 61.9 Å². The molecule has 0 aromatic carbocycles. The van der Waals surface area contributed by atoms with Crippen molar-refractivity contribution >= 4 is 0 Å². The summed E-state index contributed by atoms with van der Waals surface area (Å²) in [5.74, 6) is 0.405. The third kappa shape index (κ3) is 3.82. The van der Waals surface area contributed by atoms with E-state index in [2.05, 4.69) is 0 Å². The molecule has 0 saturated carbocycles. The van der Waals surface area contributed by atoms with E-state index in [0.29, 0.717) is 12.5 Å². The number of hydrogen-bond acceptors (Lipinski definition) is 3. The summed E-state index contributed by atoms with van der Waals surface area (Å²) in [6, 6.07) is 0. The molecule has 0 amide bonds. The van der Waals surface area contributed by atoms with Crippen LogP contribution in [-0.2, 0) is 0 Å². The molecule has 0 rings (SSSR count). The highest BCUT2D eigenvalue weighted by Gasteiger charge is 2.09. The zero-order valence-electron chi connectivity index (χ0n) is 6.45.